The first kappa shape index (κ1) is 17.9. The minimum atomic E-state index is -0.772. The van der Waals surface area contributed by atoms with Crippen molar-refractivity contribution < 1.29 is 14.7 Å². The molecule has 1 aromatic heterocycles. The molecule has 0 aromatic carbocycles. The van der Waals surface area contributed by atoms with E-state index in [9.17, 15) is 9.59 Å². The molecule has 1 heterocycles. The fourth-order valence-corrected chi connectivity index (χ4v) is 3.74. The molecular weight excluding hydrogens is 320 g/mol. The van der Waals surface area contributed by atoms with Gasteiger partial charge < -0.3 is 10.4 Å². The summed E-state index contributed by atoms with van der Waals surface area (Å²) in [7, 11) is 0. The summed E-state index contributed by atoms with van der Waals surface area (Å²) in [5.74, 6) is -0.172. The summed E-state index contributed by atoms with van der Waals surface area (Å²) in [6.45, 7) is 7.52. The largest absolute Gasteiger partial charge is 0.480 e. The Morgan fingerprint density at radius 1 is 1.32 bits per heavy atom. The first-order valence-electron chi connectivity index (χ1n) is 9.19. The highest BCUT2D eigenvalue weighted by Gasteiger charge is 2.38. The number of rotatable bonds is 8. The van der Waals surface area contributed by atoms with Gasteiger partial charge in [0.25, 0.3) is 5.91 Å². The van der Waals surface area contributed by atoms with Crippen LogP contribution in [0, 0.1) is 19.8 Å². The summed E-state index contributed by atoms with van der Waals surface area (Å²) >= 11 is 0. The van der Waals surface area contributed by atoms with E-state index in [4.69, 9.17) is 5.11 Å². The second-order valence-electron chi connectivity index (χ2n) is 7.42. The van der Waals surface area contributed by atoms with Crippen LogP contribution in [0.2, 0.25) is 0 Å². The zero-order chi connectivity index (χ0) is 18.1. The number of aliphatic carboxylic acids is 1. The third-order valence-electron chi connectivity index (χ3n) is 5.40. The van der Waals surface area contributed by atoms with Crippen LogP contribution >= 0.6 is 0 Å². The lowest BCUT2D eigenvalue weighted by Crippen LogP contribution is -2.55. The molecule has 0 saturated heterocycles. The standard InChI is InChI=1S/C18H28N4O3/c1-4-22-12(3)17(11(2)20-22)18(25)19-14-7-15(8-14)21(10-16(23)24)9-13-5-6-13/h13-15H,4-10H2,1-3H3,(H,19,25)(H,23,24). The van der Waals surface area contributed by atoms with Crippen molar-refractivity contribution in [2.45, 2.75) is 65.1 Å². The molecule has 7 nitrogen and oxygen atoms in total. The summed E-state index contributed by atoms with van der Waals surface area (Å²) in [5, 5.41) is 16.6. The third kappa shape index (κ3) is 4.03. The number of aryl methyl sites for hydroxylation is 2. The number of hydrogen-bond donors (Lipinski definition) is 2. The van der Waals surface area contributed by atoms with Crippen LogP contribution < -0.4 is 5.32 Å². The quantitative estimate of drug-likeness (QED) is 0.745. The topological polar surface area (TPSA) is 87.5 Å². The molecule has 25 heavy (non-hydrogen) atoms. The predicted molar refractivity (Wildman–Crippen MR) is 93.6 cm³/mol. The first-order valence-corrected chi connectivity index (χ1v) is 9.19. The minimum absolute atomic E-state index is 0.0647. The molecule has 0 aliphatic heterocycles. The van der Waals surface area contributed by atoms with E-state index in [1.807, 2.05) is 25.5 Å². The Kier molecular flexibility index (Phi) is 5.13. The van der Waals surface area contributed by atoms with Gasteiger partial charge in [-0.05, 0) is 52.4 Å². The van der Waals surface area contributed by atoms with Crippen LogP contribution in [0.5, 0.6) is 0 Å². The molecule has 2 aliphatic carbocycles. The molecule has 0 radical (unpaired) electrons. The van der Waals surface area contributed by atoms with Gasteiger partial charge >= 0.3 is 5.97 Å². The number of nitrogens with one attached hydrogen (secondary N) is 1. The monoisotopic (exact) mass is 348 g/mol. The number of carbonyl (C=O) groups excluding carboxylic acids is 1. The molecule has 0 bridgehead atoms. The van der Waals surface area contributed by atoms with E-state index in [1.165, 1.54) is 12.8 Å². The van der Waals surface area contributed by atoms with Gasteiger partial charge in [-0.15, -0.1) is 0 Å². The molecule has 1 aromatic rings. The predicted octanol–water partition coefficient (Wildman–Crippen LogP) is 1.58. The zero-order valence-electron chi connectivity index (χ0n) is 15.3. The van der Waals surface area contributed by atoms with Crippen molar-refractivity contribution in [1.29, 1.82) is 0 Å². The lowest BCUT2D eigenvalue weighted by Gasteiger charge is -2.42. The number of nitrogens with zero attached hydrogens (tertiary/aromatic N) is 3. The van der Waals surface area contributed by atoms with Crippen molar-refractivity contribution >= 4 is 11.9 Å². The van der Waals surface area contributed by atoms with Crippen LogP contribution in [-0.4, -0.2) is 56.8 Å². The Bertz CT molecular complexity index is 660. The Morgan fingerprint density at radius 2 is 2.00 bits per heavy atom. The maximum Gasteiger partial charge on any atom is 0.317 e. The normalized spacial score (nSPS) is 22.7. The SMILES string of the molecule is CCn1nc(C)c(C(=O)NC2CC(N(CC(=O)O)CC3CC3)C2)c1C. The molecule has 138 valence electrons. The summed E-state index contributed by atoms with van der Waals surface area (Å²) < 4.78 is 1.85. The van der Waals surface area contributed by atoms with E-state index in [2.05, 4.69) is 15.3 Å². The van der Waals surface area contributed by atoms with E-state index in [0.717, 1.165) is 37.3 Å². The van der Waals surface area contributed by atoms with Crippen LogP contribution in [0.4, 0.5) is 0 Å². The lowest BCUT2D eigenvalue weighted by atomic mass is 9.85. The van der Waals surface area contributed by atoms with Gasteiger partial charge in [0.15, 0.2) is 0 Å². The van der Waals surface area contributed by atoms with Gasteiger partial charge in [-0.2, -0.15) is 5.10 Å². The molecule has 0 atom stereocenters. The van der Waals surface area contributed by atoms with Gasteiger partial charge in [0.05, 0.1) is 17.8 Å². The van der Waals surface area contributed by atoms with Crippen LogP contribution in [0.3, 0.4) is 0 Å². The molecule has 1 amide bonds. The van der Waals surface area contributed by atoms with Crippen molar-refractivity contribution in [1.82, 2.24) is 20.0 Å². The van der Waals surface area contributed by atoms with E-state index in [0.29, 0.717) is 11.5 Å². The molecule has 3 rings (SSSR count). The molecule has 0 unspecified atom stereocenters. The molecule has 7 heteroatoms. The van der Waals surface area contributed by atoms with Crippen molar-refractivity contribution in [3.63, 3.8) is 0 Å². The van der Waals surface area contributed by atoms with E-state index >= 15 is 0 Å². The van der Waals surface area contributed by atoms with Crippen LogP contribution in [0.15, 0.2) is 0 Å². The summed E-state index contributed by atoms with van der Waals surface area (Å²) in [6, 6.07) is 0.388. The molecular formula is C18H28N4O3. The van der Waals surface area contributed by atoms with Gasteiger partial charge in [-0.3, -0.25) is 19.2 Å². The zero-order valence-corrected chi connectivity index (χ0v) is 15.3. The number of hydrogen-bond acceptors (Lipinski definition) is 4. The number of amides is 1. The summed E-state index contributed by atoms with van der Waals surface area (Å²) in [6.07, 6.45) is 4.07. The van der Waals surface area contributed by atoms with Gasteiger partial charge in [0.2, 0.25) is 0 Å². The number of carbonyl (C=O) groups is 2. The number of aromatic nitrogens is 2. The molecule has 2 N–H and O–H groups in total. The molecule has 2 saturated carbocycles. The summed E-state index contributed by atoms with van der Waals surface area (Å²) in [4.78, 5) is 25.8. The average Bonchev–Trinajstić information content (AvgIpc) is 3.25. The van der Waals surface area contributed by atoms with Crippen LogP contribution in [0.1, 0.15) is 54.4 Å². The molecule has 2 aliphatic rings. The fourth-order valence-electron chi connectivity index (χ4n) is 3.74. The van der Waals surface area contributed by atoms with Crippen LogP contribution in [-0.2, 0) is 11.3 Å². The Balaban J connectivity index is 1.54. The van der Waals surface area contributed by atoms with Gasteiger partial charge in [-0.1, -0.05) is 0 Å². The van der Waals surface area contributed by atoms with Crippen molar-refractivity contribution in [3.8, 4) is 0 Å². The summed E-state index contributed by atoms with van der Waals surface area (Å²) in [5.41, 5.74) is 2.33. The average molecular weight is 348 g/mol. The number of carboxylic acids is 1. The van der Waals surface area contributed by atoms with Gasteiger partial charge in [0.1, 0.15) is 0 Å². The smallest absolute Gasteiger partial charge is 0.317 e. The highest BCUT2D eigenvalue weighted by atomic mass is 16.4. The first-order chi connectivity index (χ1) is 11.9. The van der Waals surface area contributed by atoms with Crippen molar-refractivity contribution in [3.05, 3.63) is 17.0 Å². The van der Waals surface area contributed by atoms with Crippen molar-refractivity contribution in [2.24, 2.45) is 5.92 Å². The highest BCUT2D eigenvalue weighted by molar-refractivity contribution is 5.96. The van der Waals surface area contributed by atoms with Gasteiger partial charge in [0, 0.05) is 30.9 Å². The highest BCUT2D eigenvalue weighted by Crippen LogP contribution is 2.34. The van der Waals surface area contributed by atoms with Gasteiger partial charge in [-0.25, -0.2) is 0 Å². The van der Waals surface area contributed by atoms with E-state index in [-0.39, 0.29) is 24.5 Å². The number of carboxylic acid groups (broad SMARTS) is 1. The lowest BCUT2D eigenvalue weighted by molar-refractivity contribution is -0.139. The van der Waals surface area contributed by atoms with E-state index in [1.54, 1.807) is 0 Å². The maximum atomic E-state index is 12.6. The fraction of sp³-hybridized carbons (Fsp3) is 0.722. The third-order valence-corrected chi connectivity index (χ3v) is 5.40. The second-order valence-corrected chi connectivity index (χ2v) is 7.42. The second kappa shape index (κ2) is 7.15. The molecule has 0 spiro atoms. The minimum Gasteiger partial charge on any atom is -0.480 e. The van der Waals surface area contributed by atoms with Crippen LogP contribution in [0.25, 0.3) is 0 Å². The van der Waals surface area contributed by atoms with Crippen molar-refractivity contribution in [2.75, 3.05) is 13.1 Å². The van der Waals surface area contributed by atoms with E-state index < -0.39 is 5.97 Å². The Hall–Kier alpha value is -1.89. The Morgan fingerprint density at radius 3 is 2.52 bits per heavy atom. The molecule has 2 fully saturated rings. The Labute approximate surface area is 148 Å². The maximum absolute atomic E-state index is 12.6.